The van der Waals surface area contributed by atoms with Crippen LogP contribution in [0.3, 0.4) is 0 Å². The molecule has 0 atom stereocenters. The summed E-state index contributed by atoms with van der Waals surface area (Å²) in [6.07, 6.45) is 1.11. The number of hydrogen-bond acceptors (Lipinski definition) is 5. The van der Waals surface area contributed by atoms with Gasteiger partial charge in [-0.15, -0.1) is 0 Å². The van der Waals surface area contributed by atoms with Gasteiger partial charge in [-0.1, -0.05) is 17.7 Å². The van der Waals surface area contributed by atoms with E-state index in [1.807, 2.05) is 0 Å². The summed E-state index contributed by atoms with van der Waals surface area (Å²) in [6, 6.07) is 5.99. The Balaban J connectivity index is 2.12. The quantitative estimate of drug-likeness (QED) is 0.393. The van der Waals surface area contributed by atoms with Crippen molar-refractivity contribution in [3.63, 3.8) is 0 Å². The van der Waals surface area contributed by atoms with Crippen molar-refractivity contribution in [2.75, 3.05) is 11.4 Å². The van der Waals surface area contributed by atoms with Crippen LogP contribution in [0.1, 0.15) is 19.3 Å². The van der Waals surface area contributed by atoms with E-state index in [1.54, 1.807) is 12.1 Å². The van der Waals surface area contributed by atoms with E-state index < -0.39 is 17.6 Å². The number of carbonyl (C=O) groups is 1. The molecule has 1 saturated carbocycles. The second kappa shape index (κ2) is 6.98. The van der Waals surface area contributed by atoms with Crippen LogP contribution in [0.25, 0.3) is 0 Å². The predicted octanol–water partition coefficient (Wildman–Crippen LogP) is 2.06. The van der Waals surface area contributed by atoms with Gasteiger partial charge in [0.25, 0.3) is 0 Å². The van der Waals surface area contributed by atoms with Crippen molar-refractivity contribution in [2.24, 2.45) is 16.5 Å². The number of aliphatic imine (C=N–C) groups is 1. The average molecular weight is 351 g/mol. The van der Waals surface area contributed by atoms with Crippen LogP contribution in [-0.4, -0.2) is 40.7 Å². The van der Waals surface area contributed by atoms with E-state index in [-0.39, 0.29) is 17.1 Å². The molecule has 128 valence electrons. The molecule has 2 rings (SSSR count). The van der Waals surface area contributed by atoms with Crippen LogP contribution in [0.4, 0.5) is 10.5 Å². The van der Waals surface area contributed by atoms with Crippen molar-refractivity contribution in [1.82, 2.24) is 0 Å². The molecule has 0 saturated heterocycles. The Morgan fingerprint density at radius 1 is 1.42 bits per heavy atom. The number of nitrogens with one attached hydrogen (secondary N) is 2. The molecule has 0 radical (unpaired) electrons. The number of halogens is 1. The molecule has 0 spiro atoms. The fourth-order valence-electron chi connectivity index (χ4n) is 2.07. The molecule has 0 aliphatic heterocycles. The zero-order valence-electron chi connectivity index (χ0n) is 12.9. The summed E-state index contributed by atoms with van der Waals surface area (Å²) < 4.78 is 0. The summed E-state index contributed by atoms with van der Waals surface area (Å²) in [7, 11) is 0. The Morgan fingerprint density at radius 2 is 2.08 bits per heavy atom. The van der Waals surface area contributed by atoms with Crippen LogP contribution in [0.2, 0.25) is 5.02 Å². The Morgan fingerprint density at radius 3 is 2.62 bits per heavy atom. The molecule has 7 N–H and O–H groups in total. The first kappa shape index (κ1) is 17.9. The zero-order valence-corrected chi connectivity index (χ0v) is 13.7. The summed E-state index contributed by atoms with van der Waals surface area (Å²) in [4.78, 5) is 16.1. The van der Waals surface area contributed by atoms with E-state index in [0.29, 0.717) is 22.9 Å². The molecule has 8 nitrogen and oxygen atoms in total. The first-order chi connectivity index (χ1) is 11.2. The fraction of sp³-hybridized carbons (Fsp3) is 0.333. The lowest BCUT2D eigenvalue weighted by atomic mass is 10.2. The number of carboxylic acid groups (broad SMARTS) is 1. The van der Waals surface area contributed by atoms with E-state index in [9.17, 15) is 9.90 Å². The summed E-state index contributed by atoms with van der Waals surface area (Å²) in [5.74, 6) is -0.794. The highest BCUT2D eigenvalue weighted by Gasteiger charge is 2.37. The van der Waals surface area contributed by atoms with Crippen LogP contribution >= 0.6 is 11.6 Å². The molecule has 0 heterocycles. The Labute approximate surface area is 144 Å². The number of nitrogens with zero attached hydrogens (tertiary/aromatic N) is 2. The number of amides is 1. The lowest BCUT2D eigenvalue weighted by molar-refractivity contribution is 0.205. The molecule has 9 heteroatoms. The van der Waals surface area contributed by atoms with Crippen molar-refractivity contribution in [2.45, 2.75) is 24.8 Å². The number of hydrogen-bond donors (Lipinski definition) is 5. The maximum atomic E-state index is 11.5. The molecule has 1 aliphatic carbocycles. The molecule has 1 aromatic rings. The maximum Gasteiger partial charge on any atom is 0.417 e. The summed E-state index contributed by atoms with van der Waals surface area (Å²) in [6.45, 7) is 0.336. The van der Waals surface area contributed by atoms with E-state index in [0.717, 1.165) is 12.8 Å². The van der Waals surface area contributed by atoms with Crippen molar-refractivity contribution >= 4 is 40.8 Å². The summed E-state index contributed by atoms with van der Waals surface area (Å²) in [5, 5.41) is 25.6. The lowest BCUT2D eigenvalue weighted by Gasteiger charge is -2.20. The largest absolute Gasteiger partial charge is 0.464 e. The minimum atomic E-state index is -1.42. The number of rotatable bonds is 6. The number of nitrogens with two attached hydrogens (primary N) is 2. The topological polar surface area (TPSA) is 153 Å². The molecule has 0 unspecified atom stereocenters. The first-order valence-corrected chi connectivity index (χ1v) is 7.66. The molecular weight excluding hydrogens is 332 g/mol. The van der Waals surface area contributed by atoms with Gasteiger partial charge in [0.1, 0.15) is 11.5 Å². The number of benzene rings is 1. The van der Waals surface area contributed by atoms with E-state index in [1.165, 1.54) is 12.1 Å². The molecule has 1 aromatic carbocycles. The molecule has 1 fully saturated rings. The smallest absolute Gasteiger partial charge is 0.417 e. The number of anilines is 1. The van der Waals surface area contributed by atoms with Gasteiger partial charge in [0.2, 0.25) is 0 Å². The van der Waals surface area contributed by atoms with Gasteiger partial charge in [0, 0.05) is 17.1 Å². The van der Waals surface area contributed by atoms with Gasteiger partial charge < -0.3 is 16.6 Å². The van der Waals surface area contributed by atoms with E-state index in [4.69, 9.17) is 33.9 Å². The van der Waals surface area contributed by atoms with Crippen molar-refractivity contribution in [1.29, 1.82) is 10.8 Å². The van der Waals surface area contributed by atoms with Gasteiger partial charge >= 0.3 is 6.09 Å². The van der Waals surface area contributed by atoms with Crippen LogP contribution in [0, 0.1) is 10.8 Å². The highest BCUT2D eigenvalue weighted by atomic mass is 35.5. The van der Waals surface area contributed by atoms with Gasteiger partial charge in [-0.25, -0.2) is 9.69 Å². The van der Waals surface area contributed by atoms with Crippen molar-refractivity contribution < 1.29 is 9.90 Å². The average Bonchev–Trinajstić information content (AvgIpc) is 3.23. The Kier molecular flexibility index (Phi) is 5.20. The third-order valence-corrected chi connectivity index (χ3v) is 3.99. The standard InChI is InChI=1S/C15H19ClN6O2/c16-9-2-1-3-10(8-9)22(14(23)24)13(19)11(17)12(18)21-7-6-15(20)4-5-15/h1-3,8,17,19H,4-7,20H2,(H2,18,21)(H,23,24). The molecule has 1 aliphatic rings. The maximum absolute atomic E-state index is 11.5. The van der Waals surface area contributed by atoms with Crippen LogP contribution in [0.15, 0.2) is 29.3 Å². The van der Waals surface area contributed by atoms with Gasteiger partial charge in [-0.05, 0) is 37.5 Å². The van der Waals surface area contributed by atoms with Crippen LogP contribution < -0.4 is 16.4 Å². The normalized spacial score (nSPS) is 15.7. The second-order valence-electron chi connectivity index (χ2n) is 5.70. The monoisotopic (exact) mass is 350 g/mol. The summed E-state index contributed by atoms with van der Waals surface area (Å²) in [5.41, 5.74) is 11.1. The van der Waals surface area contributed by atoms with Crippen LogP contribution in [0.5, 0.6) is 0 Å². The lowest BCUT2D eigenvalue weighted by Crippen LogP contribution is -2.44. The number of amidine groups is 2. The van der Waals surface area contributed by atoms with Gasteiger partial charge in [-0.2, -0.15) is 0 Å². The molecule has 24 heavy (non-hydrogen) atoms. The third kappa shape index (κ3) is 4.30. The van der Waals surface area contributed by atoms with Gasteiger partial charge in [0.05, 0.1) is 5.69 Å². The summed E-state index contributed by atoms with van der Waals surface area (Å²) >= 11 is 5.85. The highest BCUT2D eigenvalue weighted by molar-refractivity contribution is 6.69. The first-order valence-electron chi connectivity index (χ1n) is 7.29. The van der Waals surface area contributed by atoms with E-state index in [2.05, 4.69) is 4.99 Å². The minimum absolute atomic E-state index is 0.149. The van der Waals surface area contributed by atoms with E-state index >= 15 is 0 Å². The Bertz CT molecular complexity index is 714. The van der Waals surface area contributed by atoms with Crippen molar-refractivity contribution in [3.8, 4) is 0 Å². The molecule has 0 bridgehead atoms. The van der Waals surface area contributed by atoms with Gasteiger partial charge in [0.15, 0.2) is 5.84 Å². The second-order valence-corrected chi connectivity index (χ2v) is 6.14. The fourth-order valence-corrected chi connectivity index (χ4v) is 2.26. The molecule has 0 aromatic heterocycles. The van der Waals surface area contributed by atoms with Crippen LogP contribution in [-0.2, 0) is 0 Å². The zero-order chi connectivity index (χ0) is 17.9. The predicted molar refractivity (Wildman–Crippen MR) is 94.7 cm³/mol. The SMILES string of the molecule is N=C(C(=N)N(C(=O)O)c1cccc(Cl)c1)C(N)=NCCC1(N)CC1. The molecular formula is C15H19ClN6O2. The highest BCUT2D eigenvalue weighted by Crippen LogP contribution is 2.35. The Hall–Kier alpha value is -2.45. The van der Waals surface area contributed by atoms with Gasteiger partial charge in [-0.3, -0.25) is 15.8 Å². The minimum Gasteiger partial charge on any atom is -0.464 e. The molecule has 1 amide bonds. The van der Waals surface area contributed by atoms with Crippen molar-refractivity contribution in [3.05, 3.63) is 29.3 Å². The third-order valence-electron chi connectivity index (χ3n) is 3.76.